The predicted molar refractivity (Wildman–Crippen MR) is 105 cm³/mol. The molecule has 0 aliphatic heterocycles. The first-order valence-electron chi connectivity index (χ1n) is 8.62. The second-order valence-corrected chi connectivity index (χ2v) is 6.40. The van der Waals surface area contributed by atoms with E-state index in [1.54, 1.807) is 18.2 Å². The molecule has 2 aromatic carbocycles. The number of oxime groups is 1. The van der Waals surface area contributed by atoms with Crippen LogP contribution in [0.2, 0.25) is 5.02 Å². The van der Waals surface area contributed by atoms with Gasteiger partial charge in [-0.1, -0.05) is 41.0 Å². The summed E-state index contributed by atoms with van der Waals surface area (Å²) in [7, 11) is 0. The van der Waals surface area contributed by atoms with Gasteiger partial charge in [0.2, 0.25) is 0 Å². The number of hydrogen-bond donors (Lipinski definition) is 0. The Morgan fingerprint density at radius 1 is 0.897 bits per heavy atom. The van der Waals surface area contributed by atoms with Crippen molar-refractivity contribution in [2.75, 3.05) is 13.2 Å². The third-order valence-corrected chi connectivity index (χ3v) is 4.40. The molecule has 0 N–H and O–H groups in total. The Bertz CT molecular complexity index is 1200. The molecule has 140 valence electrons. The van der Waals surface area contributed by atoms with Crippen molar-refractivity contribution in [3.8, 4) is 29.1 Å². The number of para-hydroxylation sites is 1. The van der Waals surface area contributed by atoms with Crippen LogP contribution >= 0.6 is 11.6 Å². The van der Waals surface area contributed by atoms with Gasteiger partial charge in [-0.2, -0.15) is 10.5 Å². The topological polar surface area (TPSA) is 104 Å². The molecule has 29 heavy (non-hydrogen) atoms. The number of rotatable bonds is 5. The van der Waals surface area contributed by atoms with Crippen LogP contribution in [0.5, 0.6) is 5.75 Å². The summed E-state index contributed by atoms with van der Waals surface area (Å²) in [5, 5.41) is 23.2. The molecule has 0 atom stereocenters. The molecule has 0 amide bonds. The number of aromatic nitrogens is 2. The van der Waals surface area contributed by atoms with Crippen molar-refractivity contribution in [3.63, 3.8) is 0 Å². The molecule has 0 radical (unpaired) electrons. The first-order valence-corrected chi connectivity index (χ1v) is 8.99. The molecule has 1 aliphatic carbocycles. The Kier molecular flexibility index (Phi) is 5.07. The fraction of sp³-hybridized carbons (Fsp3) is 0.0952. The van der Waals surface area contributed by atoms with Crippen LogP contribution in [0.1, 0.15) is 22.6 Å². The van der Waals surface area contributed by atoms with Crippen molar-refractivity contribution in [2.45, 2.75) is 0 Å². The maximum absolute atomic E-state index is 9.27. The van der Waals surface area contributed by atoms with Crippen LogP contribution in [0.4, 0.5) is 0 Å². The molecule has 3 aromatic rings. The molecule has 1 aromatic heterocycles. The number of halogens is 1. The SMILES string of the molecule is N#Cc1nc2c(nc1C#N)-c1ccc(Cl)cc1C2=NOCCOc1ccccc1. The fourth-order valence-corrected chi connectivity index (χ4v) is 3.08. The number of benzene rings is 2. The molecular formula is C21H12ClN5O2. The van der Waals surface area contributed by atoms with Gasteiger partial charge >= 0.3 is 0 Å². The summed E-state index contributed by atoms with van der Waals surface area (Å²) in [6, 6.07) is 18.4. The molecule has 4 rings (SSSR count). The second-order valence-electron chi connectivity index (χ2n) is 5.97. The van der Waals surface area contributed by atoms with Gasteiger partial charge in [0.05, 0.1) is 0 Å². The molecule has 0 unspecified atom stereocenters. The smallest absolute Gasteiger partial charge is 0.177 e. The molecule has 1 aliphatic rings. The van der Waals surface area contributed by atoms with Crippen molar-refractivity contribution in [1.82, 2.24) is 9.97 Å². The van der Waals surface area contributed by atoms with Crippen LogP contribution < -0.4 is 4.74 Å². The van der Waals surface area contributed by atoms with Gasteiger partial charge in [-0.15, -0.1) is 0 Å². The highest BCUT2D eigenvalue weighted by molar-refractivity contribution is 6.32. The molecular weight excluding hydrogens is 390 g/mol. The van der Waals surface area contributed by atoms with Gasteiger partial charge in [-0.25, -0.2) is 9.97 Å². The zero-order valence-corrected chi connectivity index (χ0v) is 15.7. The molecule has 1 heterocycles. The minimum Gasteiger partial charge on any atom is -0.490 e. The van der Waals surface area contributed by atoms with E-state index >= 15 is 0 Å². The number of fused-ring (bicyclic) bond motifs is 3. The molecule has 0 fully saturated rings. The van der Waals surface area contributed by atoms with Crippen LogP contribution in [0.3, 0.4) is 0 Å². The first kappa shape index (κ1) is 18.4. The lowest BCUT2D eigenvalue weighted by Crippen LogP contribution is -2.09. The molecule has 0 spiro atoms. The number of nitrogens with zero attached hydrogens (tertiary/aromatic N) is 5. The average Bonchev–Trinajstić information content (AvgIpc) is 3.05. The van der Waals surface area contributed by atoms with Crippen LogP contribution in [-0.4, -0.2) is 28.9 Å². The zero-order valence-electron chi connectivity index (χ0n) is 15.0. The molecule has 0 saturated carbocycles. The van der Waals surface area contributed by atoms with E-state index in [0.29, 0.717) is 34.3 Å². The Morgan fingerprint density at radius 2 is 1.62 bits per heavy atom. The van der Waals surface area contributed by atoms with Crippen LogP contribution in [0.15, 0.2) is 53.7 Å². The van der Waals surface area contributed by atoms with E-state index in [2.05, 4.69) is 15.1 Å². The van der Waals surface area contributed by atoms with Gasteiger partial charge in [0, 0.05) is 16.1 Å². The summed E-state index contributed by atoms with van der Waals surface area (Å²) in [5.74, 6) is 0.737. The predicted octanol–water partition coefficient (Wildman–Crippen LogP) is 3.70. The maximum Gasteiger partial charge on any atom is 0.177 e. The zero-order chi connectivity index (χ0) is 20.2. The molecule has 8 heteroatoms. The van der Waals surface area contributed by atoms with Gasteiger partial charge in [0.1, 0.15) is 41.6 Å². The van der Waals surface area contributed by atoms with Gasteiger partial charge < -0.3 is 9.57 Å². The van der Waals surface area contributed by atoms with Crippen molar-refractivity contribution in [1.29, 1.82) is 10.5 Å². The molecule has 0 bridgehead atoms. The Labute approximate surface area is 171 Å². The van der Waals surface area contributed by atoms with E-state index in [4.69, 9.17) is 21.2 Å². The quantitative estimate of drug-likeness (QED) is 0.373. The van der Waals surface area contributed by atoms with Crippen molar-refractivity contribution < 1.29 is 9.57 Å². The largest absolute Gasteiger partial charge is 0.490 e. The minimum absolute atomic E-state index is 0.0365. The first-order chi connectivity index (χ1) is 14.2. The summed E-state index contributed by atoms with van der Waals surface area (Å²) in [5.41, 5.74) is 2.55. The van der Waals surface area contributed by atoms with Crippen molar-refractivity contribution in [3.05, 3.63) is 76.2 Å². The highest BCUT2D eigenvalue weighted by Crippen LogP contribution is 2.36. The van der Waals surface area contributed by atoms with E-state index in [1.165, 1.54) is 0 Å². The maximum atomic E-state index is 9.27. The van der Waals surface area contributed by atoms with Crippen LogP contribution in [0.25, 0.3) is 11.3 Å². The summed E-state index contributed by atoms with van der Waals surface area (Å²) in [6.07, 6.45) is 0. The molecule has 7 nitrogen and oxygen atoms in total. The highest BCUT2D eigenvalue weighted by atomic mass is 35.5. The number of nitriles is 2. The number of hydrogen-bond acceptors (Lipinski definition) is 7. The van der Waals surface area contributed by atoms with Gasteiger partial charge in [0.25, 0.3) is 0 Å². The lowest BCUT2D eigenvalue weighted by Gasteiger charge is -2.06. The number of ether oxygens (including phenoxy) is 1. The van der Waals surface area contributed by atoms with E-state index in [9.17, 15) is 10.5 Å². The third kappa shape index (κ3) is 3.60. The Hall–Kier alpha value is -3.94. The van der Waals surface area contributed by atoms with E-state index in [0.717, 1.165) is 11.3 Å². The highest BCUT2D eigenvalue weighted by Gasteiger charge is 2.30. The van der Waals surface area contributed by atoms with E-state index in [1.807, 2.05) is 42.5 Å². The minimum atomic E-state index is -0.0646. The van der Waals surface area contributed by atoms with Gasteiger partial charge in [0.15, 0.2) is 18.0 Å². The van der Waals surface area contributed by atoms with E-state index < -0.39 is 0 Å². The van der Waals surface area contributed by atoms with E-state index in [-0.39, 0.29) is 18.0 Å². The third-order valence-electron chi connectivity index (χ3n) is 4.17. The Balaban J connectivity index is 1.61. The van der Waals surface area contributed by atoms with Crippen LogP contribution in [0, 0.1) is 22.7 Å². The summed E-state index contributed by atoms with van der Waals surface area (Å²) < 4.78 is 5.57. The fourth-order valence-electron chi connectivity index (χ4n) is 2.91. The average molecular weight is 402 g/mol. The van der Waals surface area contributed by atoms with Gasteiger partial charge in [-0.3, -0.25) is 0 Å². The monoisotopic (exact) mass is 401 g/mol. The van der Waals surface area contributed by atoms with Crippen LogP contribution in [-0.2, 0) is 4.84 Å². The molecule has 0 saturated heterocycles. The summed E-state index contributed by atoms with van der Waals surface area (Å²) in [6.45, 7) is 0.511. The van der Waals surface area contributed by atoms with Crippen molar-refractivity contribution in [2.24, 2.45) is 5.16 Å². The summed E-state index contributed by atoms with van der Waals surface area (Å²) in [4.78, 5) is 14.0. The normalized spacial score (nSPS) is 12.6. The van der Waals surface area contributed by atoms with Gasteiger partial charge in [-0.05, 0) is 24.3 Å². The lowest BCUT2D eigenvalue weighted by molar-refractivity contribution is 0.107. The standard InChI is InChI=1S/C21H12ClN5O2/c22-13-6-7-15-16(10-13)20(21-19(15)25-17(11-23)18(12-24)26-21)27-29-9-8-28-14-4-2-1-3-5-14/h1-7,10H,8-9H2. The Morgan fingerprint density at radius 3 is 2.34 bits per heavy atom. The van der Waals surface area contributed by atoms with Crippen molar-refractivity contribution >= 4 is 17.3 Å². The lowest BCUT2D eigenvalue weighted by atomic mass is 10.1. The summed E-state index contributed by atoms with van der Waals surface area (Å²) >= 11 is 6.14. The second kappa shape index (κ2) is 7.97.